The molecule has 1 aromatic rings. The van der Waals surface area contributed by atoms with Crippen LogP contribution in [-0.2, 0) is 6.42 Å². The predicted octanol–water partition coefficient (Wildman–Crippen LogP) is 3.49. The quantitative estimate of drug-likeness (QED) is 0.762. The average molecular weight is 254 g/mol. The van der Waals surface area contributed by atoms with Gasteiger partial charge in [-0.1, -0.05) is 12.1 Å². The number of ether oxygens (including phenoxy) is 1. The van der Waals surface area contributed by atoms with Crippen molar-refractivity contribution in [2.45, 2.75) is 25.7 Å². The molecule has 1 atom stereocenters. The lowest BCUT2D eigenvalue weighted by molar-refractivity contribution is 0.265. The number of piperidine rings is 1. The van der Waals surface area contributed by atoms with Gasteiger partial charge in [0.2, 0.25) is 0 Å². The van der Waals surface area contributed by atoms with E-state index in [0.717, 1.165) is 31.2 Å². The maximum Gasteiger partial charge on any atom is 0.118 e. The number of methoxy groups -OCH3 is 1. The number of rotatable bonds is 4. The SMILES string of the molecule is COc1ccc(CC[C@@H]2CCCN(Cl)C2)cc1. The van der Waals surface area contributed by atoms with Crippen molar-refractivity contribution in [3.8, 4) is 5.75 Å². The van der Waals surface area contributed by atoms with E-state index in [4.69, 9.17) is 16.5 Å². The van der Waals surface area contributed by atoms with Crippen molar-refractivity contribution < 1.29 is 4.74 Å². The van der Waals surface area contributed by atoms with Crippen LogP contribution in [0.25, 0.3) is 0 Å². The number of nitrogens with zero attached hydrogens (tertiary/aromatic N) is 1. The van der Waals surface area contributed by atoms with E-state index in [-0.39, 0.29) is 0 Å². The zero-order valence-electron chi connectivity index (χ0n) is 10.4. The molecule has 1 saturated heterocycles. The molecule has 94 valence electrons. The summed E-state index contributed by atoms with van der Waals surface area (Å²) in [6.45, 7) is 2.08. The standard InChI is InChI=1S/C14H20ClNO/c1-17-14-8-6-12(7-9-14)4-5-13-3-2-10-16(15)11-13/h6-9,13H,2-5,10-11H2,1H3/t13-/m0/s1. The topological polar surface area (TPSA) is 12.5 Å². The average Bonchev–Trinajstić information content (AvgIpc) is 2.37. The van der Waals surface area contributed by atoms with Crippen LogP contribution in [0.2, 0.25) is 0 Å². The Kier molecular flexibility index (Phi) is 4.69. The summed E-state index contributed by atoms with van der Waals surface area (Å²) in [6.07, 6.45) is 4.92. The van der Waals surface area contributed by atoms with E-state index in [2.05, 4.69) is 12.1 Å². The first-order chi connectivity index (χ1) is 8.28. The van der Waals surface area contributed by atoms with E-state index in [1.165, 1.54) is 24.8 Å². The summed E-state index contributed by atoms with van der Waals surface area (Å²) in [5.74, 6) is 1.68. The minimum absolute atomic E-state index is 0.753. The molecule has 0 aromatic heterocycles. The molecule has 0 radical (unpaired) electrons. The normalized spacial score (nSPS) is 21.4. The molecule has 17 heavy (non-hydrogen) atoms. The second kappa shape index (κ2) is 6.27. The lowest BCUT2D eigenvalue weighted by Crippen LogP contribution is -2.28. The molecule has 0 aliphatic carbocycles. The Bertz CT molecular complexity index is 339. The molecule has 0 bridgehead atoms. The van der Waals surface area contributed by atoms with Gasteiger partial charge in [0, 0.05) is 13.1 Å². The molecular formula is C14H20ClNO. The number of hydrogen-bond donors (Lipinski definition) is 0. The first-order valence-electron chi connectivity index (χ1n) is 6.31. The zero-order chi connectivity index (χ0) is 12.1. The Hall–Kier alpha value is -0.730. The maximum absolute atomic E-state index is 6.05. The molecule has 0 unspecified atom stereocenters. The molecule has 1 fully saturated rings. The summed E-state index contributed by atoms with van der Waals surface area (Å²) in [5.41, 5.74) is 1.39. The highest BCUT2D eigenvalue weighted by molar-refractivity contribution is 6.13. The third-order valence-corrected chi connectivity index (χ3v) is 3.78. The number of hydrogen-bond acceptors (Lipinski definition) is 2. The maximum atomic E-state index is 6.05. The van der Waals surface area contributed by atoms with Gasteiger partial charge in [0.1, 0.15) is 5.75 Å². The summed E-state index contributed by atoms with van der Waals surface area (Å²) in [7, 11) is 1.70. The fraction of sp³-hybridized carbons (Fsp3) is 0.571. The minimum atomic E-state index is 0.753. The lowest BCUT2D eigenvalue weighted by atomic mass is 9.93. The molecule has 1 heterocycles. The molecule has 1 aliphatic rings. The minimum Gasteiger partial charge on any atom is -0.497 e. The van der Waals surface area contributed by atoms with Crippen molar-refractivity contribution in [3.63, 3.8) is 0 Å². The number of aryl methyl sites for hydroxylation is 1. The molecule has 0 spiro atoms. The number of halogens is 1. The third-order valence-electron chi connectivity index (χ3n) is 3.47. The summed E-state index contributed by atoms with van der Waals surface area (Å²) >= 11 is 6.05. The summed E-state index contributed by atoms with van der Waals surface area (Å²) in [5, 5.41) is 0. The Morgan fingerprint density at radius 3 is 2.76 bits per heavy atom. The Morgan fingerprint density at radius 1 is 1.35 bits per heavy atom. The van der Waals surface area contributed by atoms with Gasteiger partial charge in [-0.05, 0) is 61.1 Å². The van der Waals surface area contributed by atoms with E-state index < -0.39 is 0 Å². The molecule has 0 saturated carbocycles. The molecule has 3 heteroatoms. The van der Waals surface area contributed by atoms with Crippen LogP contribution in [0, 0.1) is 5.92 Å². The number of benzene rings is 1. The van der Waals surface area contributed by atoms with Gasteiger partial charge in [-0.2, -0.15) is 0 Å². The Balaban J connectivity index is 1.80. The zero-order valence-corrected chi connectivity index (χ0v) is 11.1. The van der Waals surface area contributed by atoms with E-state index in [9.17, 15) is 0 Å². The molecule has 0 N–H and O–H groups in total. The van der Waals surface area contributed by atoms with E-state index in [1.807, 2.05) is 16.6 Å². The van der Waals surface area contributed by atoms with E-state index >= 15 is 0 Å². The van der Waals surface area contributed by atoms with Crippen molar-refractivity contribution in [2.75, 3.05) is 20.2 Å². The van der Waals surface area contributed by atoms with Crippen LogP contribution in [0.3, 0.4) is 0 Å². The highest BCUT2D eigenvalue weighted by Gasteiger charge is 2.17. The molecule has 2 rings (SSSR count). The van der Waals surface area contributed by atoms with Crippen molar-refractivity contribution in [3.05, 3.63) is 29.8 Å². The molecule has 0 amide bonds. The fourth-order valence-corrected chi connectivity index (χ4v) is 2.73. The van der Waals surface area contributed by atoms with Gasteiger partial charge in [-0.15, -0.1) is 0 Å². The molecular weight excluding hydrogens is 234 g/mol. The van der Waals surface area contributed by atoms with E-state index in [0.29, 0.717) is 0 Å². The summed E-state index contributed by atoms with van der Waals surface area (Å²) in [6, 6.07) is 8.37. The van der Waals surface area contributed by atoms with Crippen LogP contribution in [0.15, 0.2) is 24.3 Å². The van der Waals surface area contributed by atoms with Crippen LogP contribution in [0.4, 0.5) is 0 Å². The Morgan fingerprint density at radius 2 is 2.12 bits per heavy atom. The second-order valence-electron chi connectivity index (χ2n) is 4.76. The van der Waals surface area contributed by atoms with Crippen molar-refractivity contribution in [2.24, 2.45) is 5.92 Å². The van der Waals surface area contributed by atoms with Gasteiger partial charge in [0.25, 0.3) is 0 Å². The summed E-state index contributed by atoms with van der Waals surface area (Å²) < 4.78 is 7.09. The predicted molar refractivity (Wildman–Crippen MR) is 71.5 cm³/mol. The second-order valence-corrected chi connectivity index (χ2v) is 5.24. The van der Waals surface area contributed by atoms with Crippen LogP contribution in [0.1, 0.15) is 24.8 Å². The van der Waals surface area contributed by atoms with Gasteiger partial charge in [-0.25, -0.2) is 4.42 Å². The monoisotopic (exact) mass is 253 g/mol. The first kappa shape index (κ1) is 12.7. The van der Waals surface area contributed by atoms with Crippen molar-refractivity contribution in [1.82, 2.24) is 4.42 Å². The van der Waals surface area contributed by atoms with Crippen LogP contribution in [-0.4, -0.2) is 24.6 Å². The van der Waals surface area contributed by atoms with Crippen LogP contribution in [0.5, 0.6) is 5.75 Å². The first-order valence-corrected chi connectivity index (χ1v) is 6.65. The van der Waals surface area contributed by atoms with Gasteiger partial charge in [0.05, 0.1) is 7.11 Å². The fourth-order valence-electron chi connectivity index (χ4n) is 2.41. The largest absolute Gasteiger partial charge is 0.497 e. The Labute approximate surface area is 109 Å². The van der Waals surface area contributed by atoms with Gasteiger partial charge < -0.3 is 4.74 Å². The molecule has 1 aromatic carbocycles. The van der Waals surface area contributed by atoms with Crippen LogP contribution < -0.4 is 4.74 Å². The van der Waals surface area contributed by atoms with Gasteiger partial charge >= 0.3 is 0 Å². The van der Waals surface area contributed by atoms with Crippen molar-refractivity contribution in [1.29, 1.82) is 0 Å². The highest BCUT2D eigenvalue weighted by Crippen LogP contribution is 2.23. The molecule has 1 aliphatic heterocycles. The van der Waals surface area contributed by atoms with Gasteiger partial charge in [0.15, 0.2) is 0 Å². The summed E-state index contributed by atoms with van der Waals surface area (Å²) in [4.78, 5) is 0. The lowest BCUT2D eigenvalue weighted by Gasteiger charge is -2.27. The van der Waals surface area contributed by atoms with Crippen LogP contribution >= 0.6 is 11.8 Å². The highest BCUT2D eigenvalue weighted by atomic mass is 35.5. The smallest absolute Gasteiger partial charge is 0.118 e. The van der Waals surface area contributed by atoms with Crippen molar-refractivity contribution >= 4 is 11.8 Å². The molecule has 2 nitrogen and oxygen atoms in total. The van der Waals surface area contributed by atoms with Gasteiger partial charge in [-0.3, -0.25) is 0 Å². The third kappa shape index (κ3) is 3.90. The van der Waals surface area contributed by atoms with E-state index in [1.54, 1.807) is 7.11 Å².